The molecule has 1 aliphatic rings. The van der Waals surface area contributed by atoms with Gasteiger partial charge in [0.05, 0.1) is 29.9 Å². The molecule has 1 heterocycles. The van der Waals surface area contributed by atoms with E-state index in [1.165, 1.54) is 21.0 Å². The number of carbonyl (C=O) groups is 1. The van der Waals surface area contributed by atoms with E-state index in [1.807, 2.05) is 6.07 Å². The van der Waals surface area contributed by atoms with Gasteiger partial charge in [0, 0.05) is 18.7 Å². The molecule has 5 nitrogen and oxygen atoms in total. The number of benzene rings is 1. The second-order valence-electron chi connectivity index (χ2n) is 6.66. The lowest BCUT2D eigenvalue weighted by atomic mass is 9.60. The summed E-state index contributed by atoms with van der Waals surface area (Å²) in [4.78, 5) is 12.4. The summed E-state index contributed by atoms with van der Waals surface area (Å²) in [6.45, 7) is 2.92. The number of aliphatic carboxylic acids is 1. The quantitative estimate of drug-likeness (QED) is 0.735. The van der Waals surface area contributed by atoms with Crippen LogP contribution >= 0.6 is 0 Å². The number of alkyl halides is 3. The summed E-state index contributed by atoms with van der Waals surface area (Å²) in [5.41, 5.74) is -3.42. The van der Waals surface area contributed by atoms with Crippen molar-refractivity contribution in [3.05, 3.63) is 46.4 Å². The molecular formula is C19H20F4N2O3. The zero-order valence-corrected chi connectivity index (χ0v) is 15.5. The van der Waals surface area contributed by atoms with Gasteiger partial charge in [-0.2, -0.15) is 18.4 Å². The molecule has 3 unspecified atom stereocenters. The lowest BCUT2D eigenvalue weighted by Crippen LogP contribution is -2.58. The number of nitrogens with zero attached hydrogens (tertiary/aromatic N) is 1. The van der Waals surface area contributed by atoms with E-state index in [9.17, 15) is 32.7 Å². The molecular weight excluding hydrogens is 380 g/mol. The first-order valence-corrected chi connectivity index (χ1v) is 8.50. The minimum Gasteiger partial charge on any atom is -0.481 e. The topological polar surface area (TPSA) is 82.3 Å². The molecule has 1 aromatic carbocycles. The van der Waals surface area contributed by atoms with Crippen LogP contribution in [0.4, 0.5) is 17.6 Å². The van der Waals surface area contributed by atoms with Gasteiger partial charge in [0.15, 0.2) is 0 Å². The number of hydrogen-bond acceptors (Lipinski definition) is 4. The van der Waals surface area contributed by atoms with Crippen LogP contribution in [0.5, 0.6) is 0 Å². The van der Waals surface area contributed by atoms with Crippen molar-refractivity contribution in [3.8, 4) is 6.07 Å². The third-order valence-corrected chi connectivity index (χ3v) is 5.29. The Morgan fingerprint density at radius 3 is 2.54 bits per heavy atom. The van der Waals surface area contributed by atoms with Crippen LogP contribution in [0.3, 0.4) is 0 Å². The molecule has 0 bridgehead atoms. The lowest BCUT2D eigenvalue weighted by molar-refractivity contribution is -0.155. The number of nitrogens with one attached hydrogen (secondary N) is 1. The Bertz CT molecular complexity index is 845. The number of methoxy groups -OCH3 is 1. The summed E-state index contributed by atoms with van der Waals surface area (Å²) in [5, 5.41) is 22.6. The van der Waals surface area contributed by atoms with E-state index in [0.717, 1.165) is 12.1 Å². The Morgan fingerprint density at radius 2 is 2.07 bits per heavy atom. The van der Waals surface area contributed by atoms with Crippen molar-refractivity contribution in [2.45, 2.75) is 38.4 Å². The summed E-state index contributed by atoms with van der Waals surface area (Å²) in [6, 6.07) is 3.04. The molecule has 1 aliphatic heterocycles. The normalized spacial score (nSPS) is 25.2. The van der Waals surface area contributed by atoms with E-state index in [0.29, 0.717) is 6.07 Å². The van der Waals surface area contributed by atoms with Crippen LogP contribution in [0.25, 0.3) is 0 Å². The van der Waals surface area contributed by atoms with E-state index in [-0.39, 0.29) is 24.3 Å². The fourth-order valence-electron chi connectivity index (χ4n) is 3.98. The van der Waals surface area contributed by atoms with Gasteiger partial charge in [0.25, 0.3) is 0 Å². The maximum absolute atomic E-state index is 13.7. The first-order valence-electron chi connectivity index (χ1n) is 8.50. The molecule has 3 atom stereocenters. The number of carboxylic acids is 1. The third-order valence-electron chi connectivity index (χ3n) is 5.29. The Labute approximate surface area is 159 Å². The van der Waals surface area contributed by atoms with Crippen LogP contribution in [0.15, 0.2) is 29.5 Å². The van der Waals surface area contributed by atoms with Crippen molar-refractivity contribution >= 4 is 5.97 Å². The molecule has 0 aromatic heterocycles. The molecule has 0 fully saturated rings. The van der Waals surface area contributed by atoms with Crippen molar-refractivity contribution in [2.24, 2.45) is 5.41 Å². The minimum absolute atomic E-state index is 0.0822. The summed E-state index contributed by atoms with van der Waals surface area (Å²) >= 11 is 0. The lowest BCUT2D eigenvalue weighted by Gasteiger charge is -2.47. The van der Waals surface area contributed by atoms with Crippen molar-refractivity contribution < 1.29 is 32.2 Å². The Kier molecular flexibility index (Phi) is 6.04. The highest BCUT2D eigenvalue weighted by Crippen LogP contribution is 2.52. The standard InChI is InChI=1S/C19H20F4N2O3/c1-4-18(17(26)27)15(9-28-3)25-10(2)13(8-24)16(18)12-6-5-11(20)7-14(12)19(21,22)23/h5-7,15-16,25H,4,9H2,1-3H3,(H,26,27). The first kappa shape index (κ1) is 21.7. The number of hydrogen-bond donors (Lipinski definition) is 2. The highest BCUT2D eigenvalue weighted by atomic mass is 19.4. The third kappa shape index (κ3) is 3.44. The second kappa shape index (κ2) is 7.80. The van der Waals surface area contributed by atoms with Crippen molar-refractivity contribution in [1.29, 1.82) is 5.26 Å². The number of allylic oxidation sites excluding steroid dienone is 2. The average molecular weight is 400 g/mol. The van der Waals surface area contributed by atoms with Crippen LogP contribution in [-0.4, -0.2) is 30.8 Å². The Hall–Kier alpha value is -2.60. The maximum Gasteiger partial charge on any atom is 0.416 e. The molecule has 0 saturated heterocycles. The van der Waals surface area contributed by atoms with Crippen molar-refractivity contribution in [3.63, 3.8) is 0 Å². The number of nitriles is 1. The maximum atomic E-state index is 13.7. The first-order chi connectivity index (χ1) is 13.0. The molecule has 1 aromatic rings. The van der Waals surface area contributed by atoms with Gasteiger partial charge >= 0.3 is 12.1 Å². The van der Waals surface area contributed by atoms with Gasteiger partial charge in [-0.25, -0.2) is 4.39 Å². The Balaban J connectivity index is 2.92. The zero-order valence-electron chi connectivity index (χ0n) is 15.5. The van der Waals surface area contributed by atoms with Crippen LogP contribution < -0.4 is 5.32 Å². The van der Waals surface area contributed by atoms with Gasteiger partial charge in [0.1, 0.15) is 11.2 Å². The van der Waals surface area contributed by atoms with E-state index in [4.69, 9.17) is 4.74 Å². The molecule has 0 saturated carbocycles. The Morgan fingerprint density at radius 1 is 1.43 bits per heavy atom. The summed E-state index contributed by atoms with van der Waals surface area (Å²) in [6.07, 6.45) is -5.01. The number of carboxylic acid groups (broad SMARTS) is 1. The minimum atomic E-state index is -4.93. The highest BCUT2D eigenvalue weighted by Gasteiger charge is 2.57. The molecule has 9 heteroatoms. The molecule has 2 N–H and O–H groups in total. The molecule has 0 radical (unpaired) electrons. The SMILES string of the molecule is CCC1(C(=O)O)C(COC)NC(C)=C(C#N)C1c1ccc(F)cc1C(F)(F)F. The average Bonchev–Trinajstić information content (AvgIpc) is 2.61. The molecule has 0 aliphatic carbocycles. The molecule has 28 heavy (non-hydrogen) atoms. The van der Waals surface area contributed by atoms with E-state index < -0.39 is 46.5 Å². The van der Waals surface area contributed by atoms with E-state index in [2.05, 4.69) is 5.32 Å². The van der Waals surface area contributed by atoms with Gasteiger partial charge in [-0.15, -0.1) is 0 Å². The van der Waals surface area contributed by atoms with Gasteiger partial charge in [-0.05, 0) is 31.0 Å². The van der Waals surface area contributed by atoms with Gasteiger partial charge in [-0.1, -0.05) is 13.0 Å². The van der Waals surface area contributed by atoms with E-state index >= 15 is 0 Å². The summed E-state index contributed by atoms with van der Waals surface area (Å²) in [5.74, 6) is -3.90. The molecule has 152 valence electrons. The van der Waals surface area contributed by atoms with Crippen LogP contribution in [-0.2, 0) is 15.7 Å². The van der Waals surface area contributed by atoms with Gasteiger partial charge < -0.3 is 15.2 Å². The van der Waals surface area contributed by atoms with E-state index in [1.54, 1.807) is 0 Å². The fourth-order valence-corrected chi connectivity index (χ4v) is 3.98. The highest BCUT2D eigenvalue weighted by molar-refractivity contribution is 5.80. The van der Waals surface area contributed by atoms with Crippen LogP contribution in [0.2, 0.25) is 0 Å². The smallest absolute Gasteiger partial charge is 0.416 e. The van der Waals surface area contributed by atoms with Crippen molar-refractivity contribution in [1.82, 2.24) is 5.32 Å². The number of ether oxygens (including phenoxy) is 1. The van der Waals surface area contributed by atoms with Crippen molar-refractivity contribution in [2.75, 3.05) is 13.7 Å². The van der Waals surface area contributed by atoms with Crippen LogP contribution in [0, 0.1) is 22.6 Å². The molecule has 0 amide bonds. The zero-order chi connectivity index (χ0) is 21.3. The monoisotopic (exact) mass is 400 g/mol. The number of halogens is 4. The molecule has 0 spiro atoms. The van der Waals surface area contributed by atoms with Gasteiger partial charge in [-0.3, -0.25) is 4.79 Å². The second-order valence-corrected chi connectivity index (χ2v) is 6.66. The summed E-state index contributed by atoms with van der Waals surface area (Å²) < 4.78 is 59.7. The largest absolute Gasteiger partial charge is 0.481 e. The predicted octanol–water partition coefficient (Wildman–Crippen LogP) is 3.82. The summed E-state index contributed by atoms with van der Waals surface area (Å²) in [7, 11) is 1.34. The molecule has 2 rings (SSSR count). The van der Waals surface area contributed by atoms with Gasteiger partial charge in [0.2, 0.25) is 0 Å². The fraction of sp³-hybridized carbons (Fsp3) is 0.474. The predicted molar refractivity (Wildman–Crippen MR) is 91.6 cm³/mol. The van der Waals surface area contributed by atoms with Crippen LogP contribution in [0.1, 0.15) is 37.3 Å². The number of rotatable bonds is 5.